The van der Waals surface area contributed by atoms with E-state index in [1.165, 1.54) is 4.90 Å². The molecule has 0 aliphatic rings. The highest BCUT2D eigenvalue weighted by molar-refractivity contribution is 5.77. The second-order valence-electron chi connectivity index (χ2n) is 3.10. The van der Waals surface area contributed by atoms with Crippen LogP contribution in [0.4, 0.5) is 0 Å². The normalized spacial score (nSPS) is 12.7. The average molecular weight is 174 g/mol. The molecule has 4 heteroatoms. The van der Waals surface area contributed by atoms with Crippen LogP contribution in [0, 0.1) is 0 Å². The molecule has 0 aliphatic heterocycles. The predicted molar refractivity (Wildman–Crippen MR) is 47.9 cm³/mol. The monoisotopic (exact) mass is 174 g/mol. The third kappa shape index (κ3) is 6.12. The van der Waals surface area contributed by atoms with Crippen LogP contribution in [0.1, 0.15) is 13.3 Å². The van der Waals surface area contributed by atoms with Gasteiger partial charge in [0.1, 0.15) is 0 Å². The Labute approximate surface area is 73.6 Å². The summed E-state index contributed by atoms with van der Waals surface area (Å²) in [6.07, 6.45) is 0.382. The van der Waals surface area contributed by atoms with Gasteiger partial charge in [0.2, 0.25) is 5.91 Å². The van der Waals surface area contributed by atoms with E-state index in [-0.39, 0.29) is 12.0 Å². The molecule has 0 radical (unpaired) electrons. The molecular weight excluding hydrogens is 156 g/mol. The van der Waals surface area contributed by atoms with E-state index in [1.54, 1.807) is 21.0 Å². The third-order valence-electron chi connectivity index (χ3n) is 1.51. The van der Waals surface area contributed by atoms with Crippen molar-refractivity contribution in [2.24, 2.45) is 0 Å². The molecule has 0 aromatic rings. The molecule has 0 aromatic carbocycles. The van der Waals surface area contributed by atoms with Gasteiger partial charge < -0.3 is 15.3 Å². The first kappa shape index (κ1) is 11.4. The van der Waals surface area contributed by atoms with Gasteiger partial charge in [-0.05, 0) is 19.9 Å². The number of nitrogens with zero attached hydrogens (tertiary/aromatic N) is 1. The SMILES string of the molecule is CC(O)CCNCC(=O)N(C)C. The molecule has 2 N–H and O–H groups in total. The summed E-state index contributed by atoms with van der Waals surface area (Å²) in [7, 11) is 3.44. The number of carbonyl (C=O) groups is 1. The number of rotatable bonds is 5. The molecule has 0 bridgehead atoms. The maximum absolute atomic E-state index is 11.0. The summed E-state index contributed by atoms with van der Waals surface area (Å²) in [5.41, 5.74) is 0. The standard InChI is InChI=1S/C8H18N2O2/c1-7(11)4-5-9-6-8(12)10(2)3/h7,9,11H,4-6H2,1-3H3. The van der Waals surface area contributed by atoms with E-state index in [9.17, 15) is 4.79 Å². The van der Waals surface area contributed by atoms with Gasteiger partial charge in [-0.2, -0.15) is 0 Å². The Bertz CT molecular complexity index is 135. The average Bonchev–Trinajstić information content (AvgIpc) is 1.97. The van der Waals surface area contributed by atoms with Crippen molar-refractivity contribution in [3.05, 3.63) is 0 Å². The van der Waals surface area contributed by atoms with Gasteiger partial charge in [0.05, 0.1) is 12.6 Å². The third-order valence-corrected chi connectivity index (χ3v) is 1.51. The smallest absolute Gasteiger partial charge is 0.236 e. The van der Waals surface area contributed by atoms with Crippen LogP contribution in [0.2, 0.25) is 0 Å². The van der Waals surface area contributed by atoms with Crippen LogP contribution >= 0.6 is 0 Å². The van der Waals surface area contributed by atoms with Gasteiger partial charge in [-0.25, -0.2) is 0 Å². The van der Waals surface area contributed by atoms with E-state index >= 15 is 0 Å². The Morgan fingerprint density at radius 3 is 2.58 bits per heavy atom. The van der Waals surface area contributed by atoms with E-state index in [2.05, 4.69) is 5.32 Å². The molecule has 4 nitrogen and oxygen atoms in total. The lowest BCUT2D eigenvalue weighted by Gasteiger charge is -2.11. The minimum absolute atomic E-state index is 0.0561. The van der Waals surface area contributed by atoms with Crippen LogP contribution in [0.15, 0.2) is 0 Å². The zero-order chi connectivity index (χ0) is 9.56. The number of amides is 1. The summed E-state index contributed by atoms with van der Waals surface area (Å²) in [6, 6.07) is 0. The van der Waals surface area contributed by atoms with Crippen LogP contribution in [0.25, 0.3) is 0 Å². The summed E-state index contributed by atoms with van der Waals surface area (Å²) in [5, 5.41) is 11.8. The first-order valence-corrected chi connectivity index (χ1v) is 4.13. The van der Waals surface area contributed by atoms with Crippen molar-refractivity contribution in [3.8, 4) is 0 Å². The summed E-state index contributed by atoms with van der Waals surface area (Å²) >= 11 is 0. The molecule has 12 heavy (non-hydrogen) atoms. The van der Waals surface area contributed by atoms with Crippen LogP contribution in [0.5, 0.6) is 0 Å². The zero-order valence-electron chi connectivity index (χ0n) is 8.00. The molecule has 0 saturated carbocycles. The minimum Gasteiger partial charge on any atom is -0.393 e. The first-order valence-electron chi connectivity index (χ1n) is 4.13. The van der Waals surface area contributed by atoms with E-state index in [1.807, 2.05) is 0 Å². The number of aliphatic hydroxyl groups excluding tert-OH is 1. The van der Waals surface area contributed by atoms with Crippen molar-refractivity contribution in [1.29, 1.82) is 0 Å². The molecule has 1 unspecified atom stereocenters. The minimum atomic E-state index is -0.299. The molecule has 1 amide bonds. The van der Waals surface area contributed by atoms with Crippen molar-refractivity contribution in [3.63, 3.8) is 0 Å². The lowest BCUT2D eigenvalue weighted by molar-refractivity contribution is -0.127. The van der Waals surface area contributed by atoms with Gasteiger partial charge in [-0.1, -0.05) is 0 Å². The summed E-state index contributed by atoms with van der Waals surface area (Å²) in [4.78, 5) is 12.5. The van der Waals surface area contributed by atoms with Crippen LogP contribution < -0.4 is 5.32 Å². The molecule has 0 aliphatic carbocycles. The largest absolute Gasteiger partial charge is 0.393 e. The van der Waals surface area contributed by atoms with Crippen LogP contribution in [0.3, 0.4) is 0 Å². The van der Waals surface area contributed by atoms with Crippen molar-refractivity contribution < 1.29 is 9.90 Å². The van der Waals surface area contributed by atoms with Crippen molar-refractivity contribution in [2.75, 3.05) is 27.2 Å². The van der Waals surface area contributed by atoms with Crippen LogP contribution in [-0.2, 0) is 4.79 Å². The number of hydrogen-bond acceptors (Lipinski definition) is 3. The number of nitrogens with one attached hydrogen (secondary N) is 1. The second kappa shape index (κ2) is 5.97. The van der Waals surface area contributed by atoms with Gasteiger partial charge in [0, 0.05) is 14.1 Å². The Morgan fingerprint density at radius 1 is 1.58 bits per heavy atom. The molecule has 72 valence electrons. The fraction of sp³-hybridized carbons (Fsp3) is 0.875. The van der Waals surface area contributed by atoms with Crippen LogP contribution in [-0.4, -0.2) is 49.2 Å². The van der Waals surface area contributed by atoms with Gasteiger partial charge in [-0.3, -0.25) is 4.79 Å². The Morgan fingerprint density at radius 2 is 2.17 bits per heavy atom. The van der Waals surface area contributed by atoms with E-state index in [0.29, 0.717) is 19.5 Å². The fourth-order valence-electron chi connectivity index (χ4n) is 0.664. The van der Waals surface area contributed by atoms with E-state index < -0.39 is 0 Å². The predicted octanol–water partition coefficient (Wildman–Crippen LogP) is -0.565. The number of likely N-dealkylation sites (N-methyl/N-ethyl adjacent to an activating group) is 1. The molecule has 0 spiro atoms. The lowest BCUT2D eigenvalue weighted by Crippen LogP contribution is -2.34. The van der Waals surface area contributed by atoms with Crippen molar-refractivity contribution in [1.82, 2.24) is 10.2 Å². The maximum atomic E-state index is 11.0. The Balaban J connectivity index is 3.26. The number of carbonyl (C=O) groups excluding carboxylic acids is 1. The molecular formula is C8H18N2O2. The number of hydrogen-bond donors (Lipinski definition) is 2. The highest BCUT2D eigenvalue weighted by atomic mass is 16.3. The van der Waals surface area contributed by atoms with Gasteiger partial charge >= 0.3 is 0 Å². The molecule has 0 heterocycles. The van der Waals surface area contributed by atoms with Gasteiger partial charge in [0.25, 0.3) is 0 Å². The number of aliphatic hydroxyl groups is 1. The highest BCUT2D eigenvalue weighted by Crippen LogP contribution is 1.85. The molecule has 0 rings (SSSR count). The van der Waals surface area contributed by atoms with E-state index in [0.717, 1.165) is 0 Å². The lowest BCUT2D eigenvalue weighted by atomic mass is 10.3. The summed E-state index contributed by atoms with van der Waals surface area (Å²) in [6.45, 7) is 2.76. The molecule has 0 saturated heterocycles. The van der Waals surface area contributed by atoms with Crippen molar-refractivity contribution in [2.45, 2.75) is 19.4 Å². The molecule has 0 fully saturated rings. The first-order chi connectivity index (χ1) is 5.54. The maximum Gasteiger partial charge on any atom is 0.236 e. The second-order valence-corrected chi connectivity index (χ2v) is 3.10. The Kier molecular flexibility index (Phi) is 5.66. The van der Waals surface area contributed by atoms with Crippen molar-refractivity contribution >= 4 is 5.91 Å². The quantitative estimate of drug-likeness (QED) is 0.549. The summed E-state index contributed by atoms with van der Waals surface area (Å²) < 4.78 is 0. The van der Waals surface area contributed by atoms with E-state index in [4.69, 9.17) is 5.11 Å². The topological polar surface area (TPSA) is 52.6 Å². The zero-order valence-corrected chi connectivity index (χ0v) is 8.00. The summed E-state index contributed by atoms with van der Waals surface area (Å²) in [5.74, 6) is 0.0561. The fourth-order valence-corrected chi connectivity index (χ4v) is 0.664. The molecule has 1 atom stereocenters. The van der Waals surface area contributed by atoms with Gasteiger partial charge in [0.15, 0.2) is 0 Å². The molecule has 0 aromatic heterocycles. The Hall–Kier alpha value is -0.610. The highest BCUT2D eigenvalue weighted by Gasteiger charge is 2.02. The van der Waals surface area contributed by atoms with Gasteiger partial charge in [-0.15, -0.1) is 0 Å².